The van der Waals surface area contributed by atoms with Gasteiger partial charge in [-0.25, -0.2) is 4.98 Å². The Morgan fingerprint density at radius 1 is 0.952 bits per heavy atom. The van der Waals surface area contributed by atoms with Gasteiger partial charge in [0.15, 0.2) is 5.82 Å². The average Bonchev–Trinajstić information content (AvgIpc) is 2.98. The Hall–Kier alpha value is -4.17. The second kappa shape index (κ2) is 13.2. The van der Waals surface area contributed by atoms with Crippen molar-refractivity contribution in [1.29, 1.82) is 0 Å². The lowest BCUT2D eigenvalue weighted by Gasteiger charge is -2.18. The molecule has 9 nitrogen and oxygen atoms in total. The van der Waals surface area contributed by atoms with Gasteiger partial charge in [-0.2, -0.15) is 4.98 Å². The van der Waals surface area contributed by atoms with Gasteiger partial charge in [-0.1, -0.05) is 48.0 Å². The highest BCUT2D eigenvalue weighted by Crippen LogP contribution is 2.42. The standard InChI is InChI=1S/C31H32ClN6O3P/c1-40-28-13-11-23(41-16-15-34-19-21-7-6-14-33-18-21)17-27(28)37-31-35-20-25(32)30(38-31)36-26-12-10-22-8-4-5-9-24(22)29(26)42(2,3)39/h4-14,17-18,20,34H,15-16,19H2,1-3H3,(H2,35,36,37,38). The predicted molar refractivity (Wildman–Crippen MR) is 171 cm³/mol. The highest BCUT2D eigenvalue weighted by atomic mass is 35.5. The van der Waals surface area contributed by atoms with Crippen LogP contribution < -0.4 is 30.7 Å². The van der Waals surface area contributed by atoms with Crippen molar-refractivity contribution in [3.63, 3.8) is 0 Å². The van der Waals surface area contributed by atoms with Gasteiger partial charge in [0.1, 0.15) is 30.3 Å². The molecule has 0 aliphatic heterocycles. The lowest BCUT2D eigenvalue weighted by Crippen LogP contribution is -2.20. The number of hydrogen-bond donors (Lipinski definition) is 3. The van der Waals surface area contributed by atoms with Gasteiger partial charge < -0.3 is 30.0 Å². The summed E-state index contributed by atoms with van der Waals surface area (Å²) < 4.78 is 24.9. The van der Waals surface area contributed by atoms with Gasteiger partial charge in [-0.15, -0.1) is 0 Å². The molecule has 0 aliphatic rings. The number of ether oxygens (including phenoxy) is 2. The molecule has 0 bridgehead atoms. The molecule has 0 saturated heterocycles. The van der Waals surface area contributed by atoms with Crippen LogP contribution in [0.4, 0.5) is 23.1 Å². The minimum atomic E-state index is -2.67. The predicted octanol–water partition coefficient (Wildman–Crippen LogP) is 6.59. The van der Waals surface area contributed by atoms with Crippen LogP contribution >= 0.6 is 18.7 Å². The smallest absolute Gasteiger partial charge is 0.229 e. The van der Waals surface area contributed by atoms with Gasteiger partial charge >= 0.3 is 0 Å². The fraction of sp³-hybridized carbons (Fsp3) is 0.194. The number of fused-ring (bicyclic) bond motifs is 1. The van der Waals surface area contributed by atoms with Crippen molar-refractivity contribution >= 4 is 58.0 Å². The third kappa shape index (κ3) is 7.18. The van der Waals surface area contributed by atoms with Crippen molar-refractivity contribution in [3.05, 3.63) is 95.9 Å². The van der Waals surface area contributed by atoms with Crippen molar-refractivity contribution in [1.82, 2.24) is 20.3 Å². The molecular weight excluding hydrogens is 571 g/mol. The molecule has 0 amide bonds. The number of pyridine rings is 1. The molecule has 2 heterocycles. The van der Waals surface area contributed by atoms with E-state index in [1.807, 2.05) is 72.9 Å². The summed E-state index contributed by atoms with van der Waals surface area (Å²) in [5.74, 6) is 1.94. The summed E-state index contributed by atoms with van der Waals surface area (Å²) >= 11 is 6.50. The van der Waals surface area contributed by atoms with Crippen LogP contribution in [0, 0.1) is 0 Å². The van der Waals surface area contributed by atoms with Crippen molar-refractivity contribution < 1.29 is 14.0 Å². The number of anilines is 4. The summed E-state index contributed by atoms with van der Waals surface area (Å²) in [5.41, 5.74) is 2.42. The molecule has 216 valence electrons. The molecule has 5 aromatic rings. The fourth-order valence-corrected chi connectivity index (χ4v) is 6.18. The van der Waals surface area contributed by atoms with E-state index in [2.05, 4.69) is 30.9 Å². The van der Waals surface area contributed by atoms with E-state index < -0.39 is 7.14 Å². The maximum absolute atomic E-state index is 13.4. The number of nitrogens with zero attached hydrogens (tertiary/aromatic N) is 3. The first-order valence-corrected chi connectivity index (χ1v) is 16.3. The number of hydrogen-bond acceptors (Lipinski definition) is 9. The summed E-state index contributed by atoms with van der Waals surface area (Å²) in [6, 6.07) is 21.2. The lowest BCUT2D eigenvalue weighted by atomic mass is 10.1. The number of methoxy groups -OCH3 is 1. The molecule has 2 aromatic heterocycles. The molecule has 3 N–H and O–H groups in total. The number of nitrogens with one attached hydrogen (secondary N) is 3. The summed E-state index contributed by atoms with van der Waals surface area (Å²) in [5, 5.41) is 12.8. The first-order valence-electron chi connectivity index (χ1n) is 13.4. The van der Waals surface area contributed by atoms with Crippen LogP contribution in [0.5, 0.6) is 11.5 Å². The maximum Gasteiger partial charge on any atom is 0.229 e. The van der Waals surface area contributed by atoms with Crippen molar-refractivity contribution in [3.8, 4) is 11.5 Å². The Balaban J connectivity index is 1.32. The van der Waals surface area contributed by atoms with Gasteiger partial charge in [0.25, 0.3) is 0 Å². The Kier molecular flexibility index (Phi) is 9.22. The van der Waals surface area contributed by atoms with Crippen molar-refractivity contribution in [2.24, 2.45) is 0 Å². The third-order valence-electron chi connectivity index (χ3n) is 6.45. The summed E-state index contributed by atoms with van der Waals surface area (Å²) in [6.45, 7) is 5.37. The average molecular weight is 603 g/mol. The van der Waals surface area contributed by atoms with Crippen molar-refractivity contribution in [2.45, 2.75) is 6.54 Å². The van der Waals surface area contributed by atoms with Gasteiger partial charge in [-0.3, -0.25) is 4.98 Å². The minimum absolute atomic E-state index is 0.300. The molecule has 0 spiro atoms. The monoisotopic (exact) mass is 602 g/mol. The molecule has 0 fully saturated rings. The van der Waals surface area contributed by atoms with Crippen LogP contribution in [-0.2, 0) is 11.1 Å². The molecule has 0 unspecified atom stereocenters. The first kappa shape index (κ1) is 29.3. The fourth-order valence-electron chi connectivity index (χ4n) is 4.55. The minimum Gasteiger partial charge on any atom is -0.495 e. The van der Waals surface area contributed by atoms with E-state index in [1.54, 1.807) is 26.6 Å². The van der Waals surface area contributed by atoms with Crippen LogP contribution in [0.2, 0.25) is 5.02 Å². The summed E-state index contributed by atoms with van der Waals surface area (Å²) in [7, 11) is -1.08. The number of aromatic nitrogens is 3. The lowest BCUT2D eigenvalue weighted by molar-refractivity contribution is 0.313. The number of rotatable bonds is 12. The van der Waals surface area contributed by atoms with Gasteiger partial charge in [0.2, 0.25) is 5.95 Å². The SMILES string of the molecule is COc1ccc(OCCNCc2cccnc2)cc1Nc1ncc(Cl)c(Nc2ccc3ccccc3c2P(C)(C)=O)n1. The zero-order valence-electron chi connectivity index (χ0n) is 23.6. The van der Waals surface area contributed by atoms with E-state index >= 15 is 0 Å². The topological polar surface area (TPSA) is 110 Å². The van der Waals surface area contributed by atoms with Gasteiger partial charge in [-0.05, 0) is 53.9 Å². The molecule has 0 aliphatic carbocycles. The molecular formula is C31H32ClN6O3P. The molecule has 5 rings (SSSR count). The van der Waals surface area contributed by atoms with E-state index in [4.69, 9.17) is 21.1 Å². The Labute approximate surface area is 250 Å². The Bertz CT molecular complexity index is 1730. The van der Waals surface area contributed by atoms with E-state index in [1.165, 1.54) is 6.20 Å². The zero-order valence-corrected chi connectivity index (χ0v) is 25.2. The Morgan fingerprint density at radius 3 is 2.60 bits per heavy atom. The molecule has 0 radical (unpaired) electrons. The highest BCUT2D eigenvalue weighted by molar-refractivity contribution is 7.71. The van der Waals surface area contributed by atoms with Crippen LogP contribution in [-0.4, -0.2) is 48.5 Å². The zero-order chi connectivity index (χ0) is 29.5. The summed E-state index contributed by atoms with van der Waals surface area (Å²) in [4.78, 5) is 13.1. The van der Waals surface area contributed by atoms with E-state index in [-0.39, 0.29) is 0 Å². The van der Waals surface area contributed by atoms with Crippen LogP contribution in [0.15, 0.2) is 85.3 Å². The molecule has 11 heteroatoms. The Morgan fingerprint density at radius 2 is 1.81 bits per heavy atom. The molecule has 0 atom stereocenters. The first-order chi connectivity index (χ1) is 20.3. The summed E-state index contributed by atoms with van der Waals surface area (Å²) in [6.07, 6.45) is 5.10. The van der Waals surface area contributed by atoms with E-state index in [9.17, 15) is 4.57 Å². The largest absolute Gasteiger partial charge is 0.495 e. The van der Waals surface area contributed by atoms with Gasteiger partial charge in [0, 0.05) is 36.9 Å². The number of benzene rings is 3. The van der Waals surface area contributed by atoms with Crippen LogP contribution in [0.3, 0.4) is 0 Å². The highest BCUT2D eigenvalue weighted by Gasteiger charge is 2.21. The van der Waals surface area contributed by atoms with Crippen LogP contribution in [0.25, 0.3) is 10.8 Å². The second-order valence-corrected chi connectivity index (χ2v) is 13.5. The molecule has 0 saturated carbocycles. The van der Waals surface area contributed by atoms with E-state index in [0.717, 1.165) is 21.6 Å². The second-order valence-electron chi connectivity index (χ2n) is 9.92. The third-order valence-corrected chi connectivity index (χ3v) is 8.29. The molecule has 3 aromatic carbocycles. The molecule has 42 heavy (non-hydrogen) atoms. The normalized spacial score (nSPS) is 11.3. The maximum atomic E-state index is 13.4. The number of halogens is 1. The van der Waals surface area contributed by atoms with Crippen molar-refractivity contribution in [2.75, 3.05) is 44.2 Å². The van der Waals surface area contributed by atoms with Crippen LogP contribution in [0.1, 0.15) is 5.56 Å². The van der Waals surface area contributed by atoms with E-state index in [0.29, 0.717) is 59.4 Å². The van der Waals surface area contributed by atoms with Gasteiger partial charge in [0.05, 0.1) is 24.7 Å². The quantitative estimate of drug-likeness (QED) is 0.108.